The Bertz CT molecular complexity index is 665. The normalized spacial score (nSPS) is 16.6. The van der Waals surface area contributed by atoms with Crippen molar-refractivity contribution in [2.75, 3.05) is 38.6 Å². The second-order valence-electron chi connectivity index (χ2n) is 7.17. The molecule has 0 radical (unpaired) electrons. The van der Waals surface area contributed by atoms with Crippen molar-refractivity contribution < 1.29 is 17.9 Å². The minimum atomic E-state index is -3.41. The lowest BCUT2D eigenvalue weighted by Gasteiger charge is -2.31. The summed E-state index contributed by atoms with van der Waals surface area (Å²) in [6.07, 6.45) is 3.36. The predicted octanol–water partition coefficient (Wildman–Crippen LogP) is 1.12. The highest BCUT2D eigenvalue weighted by Crippen LogP contribution is 2.19. The van der Waals surface area contributed by atoms with Gasteiger partial charge >= 0.3 is 0 Å². The maximum atomic E-state index is 12.7. The predicted molar refractivity (Wildman–Crippen MR) is 95.3 cm³/mol. The molecule has 0 unspecified atom stereocenters. The molecular weight excluding hydrogens is 342 g/mol. The molecule has 0 atom stereocenters. The quantitative estimate of drug-likeness (QED) is 0.751. The summed E-state index contributed by atoms with van der Waals surface area (Å²) in [6.45, 7) is 7.59. The number of aromatic nitrogens is 1. The van der Waals surface area contributed by atoms with E-state index in [-0.39, 0.29) is 18.2 Å². The van der Waals surface area contributed by atoms with Gasteiger partial charge in [0.2, 0.25) is 15.9 Å². The van der Waals surface area contributed by atoms with Crippen molar-refractivity contribution in [1.82, 2.24) is 14.2 Å². The van der Waals surface area contributed by atoms with E-state index >= 15 is 0 Å². The second-order valence-corrected chi connectivity index (χ2v) is 9.25. The number of carbonyl (C=O) groups excluding carboxylic acids is 1. The van der Waals surface area contributed by atoms with Gasteiger partial charge in [-0.2, -0.15) is 4.31 Å². The Morgan fingerprint density at radius 2 is 2.00 bits per heavy atom. The van der Waals surface area contributed by atoms with Gasteiger partial charge in [-0.05, 0) is 11.6 Å². The number of rotatable bonds is 6. The molecule has 1 fully saturated rings. The summed E-state index contributed by atoms with van der Waals surface area (Å²) in [5.74, 6) is -0.164. The van der Waals surface area contributed by atoms with Crippen LogP contribution in [0.2, 0.25) is 0 Å². The topological polar surface area (TPSA) is 79.8 Å². The minimum absolute atomic E-state index is 0.0754. The molecule has 7 nitrogen and oxygen atoms in total. The summed E-state index contributed by atoms with van der Waals surface area (Å²) in [5, 5.41) is 0. The molecule has 8 heteroatoms. The van der Waals surface area contributed by atoms with E-state index in [9.17, 15) is 13.2 Å². The third-order valence-electron chi connectivity index (χ3n) is 4.01. The molecule has 0 bridgehead atoms. The van der Waals surface area contributed by atoms with E-state index in [1.165, 1.54) is 4.31 Å². The molecule has 25 heavy (non-hydrogen) atoms. The average molecular weight is 369 g/mol. The van der Waals surface area contributed by atoms with E-state index in [1.54, 1.807) is 23.4 Å². The van der Waals surface area contributed by atoms with Gasteiger partial charge in [0.05, 0.1) is 19.0 Å². The summed E-state index contributed by atoms with van der Waals surface area (Å²) in [7, 11) is -3.41. The lowest BCUT2D eigenvalue weighted by molar-refractivity contribution is -0.139. The smallest absolute Gasteiger partial charge is 0.228 e. The molecule has 1 aromatic rings. The zero-order valence-electron chi connectivity index (χ0n) is 15.1. The fourth-order valence-corrected chi connectivity index (χ4v) is 4.03. The third-order valence-corrected chi connectivity index (χ3v) is 5.86. The monoisotopic (exact) mass is 369 g/mol. The van der Waals surface area contributed by atoms with Crippen LogP contribution in [-0.2, 0) is 26.1 Å². The van der Waals surface area contributed by atoms with Gasteiger partial charge in [0.25, 0.3) is 0 Å². The number of amides is 1. The Morgan fingerprint density at radius 3 is 2.56 bits per heavy atom. The Labute approximate surface area is 150 Å². The minimum Gasteiger partial charge on any atom is -0.379 e. The Hall–Kier alpha value is -1.51. The van der Waals surface area contributed by atoms with Crippen molar-refractivity contribution in [1.29, 1.82) is 0 Å². The van der Waals surface area contributed by atoms with E-state index in [0.29, 0.717) is 32.8 Å². The van der Waals surface area contributed by atoms with Gasteiger partial charge in [-0.25, -0.2) is 8.42 Å². The second kappa shape index (κ2) is 8.25. The van der Waals surface area contributed by atoms with Gasteiger partial charge in [-0.1, -0.05) is 26.8 Å². The van der Waals surface area contributed by atoms with Gasteiger partial charge in [0.15, 0.2) is 0 Å². The largest absolute Gasteiger partial charge is 0.379 e. The van der Waals surface area contributed by atoms with Crippen LogP contribution in [0.5, 0.6) is 0 Å². The molecule has 2 heterocycles. The molecule has 2 rings (SSSR count). The van der Waals surface area contributed by atoms with E-state index < -0.39 is 15.4 Å². The highest BCUT2D eigenvalue weighted by Gasteiger charge is 2.30. The summed E-state index contributed by atoms with van der Waals surface area (Å²) in [4.78, 5) is 18.4. The highest BCUT2D eigenvalue weighted by molar-refractivity contribution is 7.89. The van der Waals surface area contributed by atoms with E-state index in [1.807, 2.05) is 26.8 Å². The zero-order chi connectivity index (χ0) is 18.5. The lowest BCUT2D eigenvalue weighted by atomic mass is 9.94. The molecular formula is C17H27N3O4S. The lowest BCUT2D eigenvalue weighted by Crippen LogP contribution is -2.46. The van der Waals surface area contributed by atoms with Crippen molar-refractivity contribution >= 4 is 15.9 Å². The summed E-state index contributed by atoms with van der Waals surface area (Å²) in [5.41, 5.74) is 0.300. The number of ether oxygens (including phenoxy) is 1. The number of sulfonamides is 1. The number of morpholine rings is 1. The molecule has 0 aliphatic carbocycles. The van der Waals surface area contributed by atoms with Crippen LogP contribution in [0.25, 0.3) is 0 Å². The van der Waals surface area contributed by atoms with Crippen LogP contribution in [0.15, 0.2) is 24.5 Å². The van der Waals surface area contributed by atoms with Crippen molar-refractivity contribution in [2.45, 2.75) is 27.3 Å². The summed E-state index contributed by atoms with van der Waals surface area (Å²) >= 11 is 0. The standard InChI is InChI=1S/C17H27N3O4S/c1-17(2,3)16(21)19(14-15-5-4-6-18-13-15)9-12-25(22,23)20-7-10-24-11-8-20/h4-6,13H,7-12,14H2,1-3H3. The molecule has 0 N–H and O–H groups in total. The van der Waals surface area contributed by atoms with Gasteiger partial charge in [0, 0.05) is 44.0 Å². The molecule has 0 aromatic carbocycles. The van der Waals surface area contributed by atoms with Crippen LogP contribution in [0.1, 0.15) is 26.3 Å². The van der Waals surface area contributed by atoms with Crippen LogP contribution in [0, 0.1) is 5.41 Å². The first-order valence-corrected chi connectivity index (χ1v) is 10.0. The molecule has 1 aliphatic heterocycles. The van der Waals surface area contributed by atoms with Gasteiger partial charge in [-0.15, -0.1) is 0 Å². The number of nitrogens with zero attached hydrogens (tertiary/aromatic N) is 3. The Kier molecular flexibility index (Phi) is 6.53. The first kappa shape index (κ1) is 19.8. The molecule has 1 aliphatic rings. The Balaban J connectivity index is 2.08. The van der Waals surface area contributed by atoms with Gasteiger partial charge < -0.3 is 9.64 Å². The van der Waals surface area contributed by atoms with Crippen molar-refractivity contribution in [2.24, 2.45) is 5.41 Å². The van der Waals surface area contributed by atoms with E-state index in [0.717, 1.165) is 5.56 Å². The summed E-state index contributed by atoms with van der Waals surface area (Å²) < 4.78 is 31.7. The third kappa shape index (κ3) is 5.76. The number of pyridine rings is 1. The first-order chi connectivity index (χ1) is 11.7. The van der Waals surface area contributed by atoms with Crippen LogP contribution in [0.4, 0.5) is 0 Å². The molecule has 1 saturated heterocycles. The number of hydrogen-bond donors (Lipinski definition) is 0. The number of carbonyl (C=O) groups is 1. The fraction of sp³-hybridized carbons (Fsp3) is 0.647. The van der Waals surface area contributed by atoms with Crippen LogP contribution in [0.3, 0.4) is 0 Å². The van der Waals surface area contributed by atoms with Gasteiger partial charge in [-0.3, -0.25) is 9.78 Å². The van der Waals surface area contributed by atoms with Crippen LogP contribution in [-0.4, -0.2) is 67.1 Å². The zero-order valence-corrected chi connectivity index (χ0v) is 16.0. The SMILES string of the molecule is CC(C)(C)C(=O)N(CCS(=O)(=O)N1CCOCC1)Cc1cccnc1. The highest BCUT2D eigenvalue weighted by atomic mass is 32.2. The number of hydrogen-bond acceptors (Lipinski definition) is 5. The van der Waals surface area contributed by atoms with Crippen LogP contribution < -0.4 is 0 Å². The maximum Gasteiger partial charge on any atom is 0.228 e. The van der Waals surface area contributed by atoms with Gasteiger partial charge in [0.1, 0.15) is 0 Å². The average Bonchev–Trinajstić information content (AvgIpc) is 2.59. The van der Waals surface area contributed by atoms with E-state index in [2.05, 4.69) is 4.98 Å². The van der Waals surface area contributed by atoms with E-state index in [4.69, 9.17) is 4.74 Å². The maximum absolute atomic E-state index is 12.7. The van der Waals surface area contributed by atoms with Crippen LogP contribution >= 0.6 is 0 Å². The first-order valence-electron chi connectivity index (χ1n) is 8.44. The molecule has 140 valence electrons. The fourth-order valence-electron chi connectivity index (χ4n) is 2.62. The molecule has 1 aromatic heterocycles. The van der Waals surface area contributed by atoms with Crippen molar-refractivity contribution in [3.05, 3.63) is 30.1 Å². The van der Waals surface area contributed by atoms with Crippen molar-refractivity contribution in [3.63, 3.8) is 0 Å². The molecule has 1 amide bonds. The summed E-state index contributed by atoms with van der Waals surface area (Å²) in [6, 6.07) is 3.69. The molecule has 0 saturated carbocycles. The Morgan fingerprint density at radius 1 is 1.32 bits per heavy atom. The van der Waals surface area contributed by atoms with Crippen molar-refractivity contribution in [3.8, 4) is 0 Å². The molecule has 0 spiro atoms.